The number of hydrogen-bond acceptors (Lipinski definition) is 6. The molecule has 7 nitrogen and oxygen atoms in total. The number of rotatable bonds is 4. The van der Waals surface area contributed by atoms with Gasteiger partial charge in [0.1, 0.15) is 4.21 Å². The molecule has 1 aromatic rings. The van der Waals surface area contributed by atoms with Crippen molar-refractivity contribution in [1.29, 1.82) is 0 Å². The molecule has 0 radical (unpaired) electrons. The first kappa shape index (κ1) is 19.3. The van der Waals surface area contributed by atoms with Crippen LogP contribution in [0.2, 0.25) is 0 Å². The molecule has 1 aromatic heterocycles. The molecule has 1 atom stereocenters. The van der Waals surface area contributed by atoms with Gasteiger partial charge in [-0.25, -0.2) is 8.42 Å². The van der Waals surface area contributed by atoms with Crippen LogP contribution in [0.5, 0.6) is 0 Å². The van der Waals surface area contributed by atoms with Gasteiger partial charge in [0.25, 0.3) is 10.0 Å². The molecule has 1 amide bonds. The zero-order chi connectivity index (χ0) is 18.7. The van der Waals surface area contributed by atoms with Gasteiger partial charge in [0.15, 0.2) is 0 Å². The fourth-order valence-corrected chi connectivity index (χ4v) is 6.29. The number of carbonyl (C=O) groups excluding carboxylic acids is 2. The highest BCUT2D eigenvalue weighted by Crippen LogP contribution is 2.28. The van der Waals surface area contributed by atoms with E-state index >= 15 is 0 Å². The second kappa shape index (κ2) is 8.06. The third-order valence-corrected chi connectivity index (χ3v) is 8.43. The van der Waals surface area contributed by atoms with E-state index in [0.717, 1.165) is 12.8 Å². The van der Waals surface area contributed by atoms with E-state index in [-0.39, 0.29) is 23.7 Å². The van der Waals surface area contributed by atoms with Crippen LogP contribution in [-0.4, -0.2) is 62.8 Å². The molecule has 26 heavy (non-hydrogen) atoms. The Balaban J connectivity index is 1.58. The van der Waals surface area contributed by atoms with Crippen LogP contribution in [0.3, 0.4) is 0 Å². The van der Waals surface area contributed by atoms with Crippen LogP contribution in [0, 0.1) is 11.8 Å². The van der Waals surface area contributed by atoms with Crippen molar-refractivity contribution in [3.63, 3.8) is 0 Å². The molecule has 0 spiro atoms. The van der Waals surface area contributed by atoms with Gasteiger partial charge in [-0.3, -0.25) is 9.59 Å². The van der Waals surface area contributed by atoms with Gasteiger partial charge in [0, 0.05) is 32.1 Å². The fraction of sp³-hybridized carbons (Fsp3) is 0.647. The van der Waals surface area contributed by atoms with Crippen molar-refractivity contribution in [3.05, 3.63) is 17.5 Å². The molecule has 3 heterocycles. The minimum Gasteiger partial charge on any atom is -0.469 e. The summed E-state index contributed by atoms with van der Waals surface area (Å²) in [6.07, 6.45) is 2.57. The van der Waals surface area contributed by atoms with Crippen molar-refractivity contribution >= 4 is 33.2 Å². The van der Waals surface area contributed by atoms with Gasteiger partial charge < -0.3 is 9.64 Å². The number of carbonyl (C=O) groups is 2. The molecule has 0 bridgehead atoms. The topological polar surface area (TPSA) is 84.0 Å². The number of thiophene rings is 1. The average molecular weight is 401 g/mol. The lowest BCUT2D eigenvalue weighted by molar-refractivity contribution is -0.150. The summed E-state index contributed by atoms with van der Waals surface area (Å²) in [4.78, 5) is 26.3. The van der Waals surface area contributed by atoms with Crippen molar-refractivity contribution < 1.29 is 22.7 Å². The number of hydrogen-bond donors (Lipinski definition) is 0. The minimum absolute atomic E-state index is 0.0341. The lowest BCUT2D eigenvalue weighted by Gasteiger charge is -2.36. The number of methoxy groups -OCH3 is 1. The van der Waals surface area contributed by atoms with Crippen molar-refractivity contribution in [1.82, 2.24) is 9.21 Å². The maximum Gasteiger partial charge on any atom is 0.310 e. The Kier molecular flexibility index (Phi) is 5.99. The van der Waals surface area contributed by atoms with Crippen LogP contribution in [0.25, 0.3) is 0 Å². The number of esters is 1. The summed E-state index contributed by atoms with van der Waals surface area (Å²) < 4.78 is 31.8. The molecular weight excluding hydrogens is 376 g/mol. The number of amides is 1. The maximum absolute atomic E-state index is 12.8. The number of nitrogens with zero attached hydrogens (tertiary/aromatic N) is 2. The zero-order valence-electron chi connectivity index (χ0n) is 14.8. The van der Waals surface area contributed by atoms with Gasteiger partial charge in [-0.1, -0.05) is 6.07 Å². The van der Waals surface area contributed by atoms with E-state index in [1.807, 2.05) is 0 Å². The van der Waals surface area contributed by atoms with Gasteiger partial charge in [-0.05, 0) is 37.1 Å². The Morgan fingerprint density at radius 1 is 1.15 bits per heavy atom. The van der Waals surface area contributed by atoms with Gasteiger partial charge >= 0.3 is 5.97 Å². The summed E-state index contributed by atoms with van der Waals surface area (Å²) in [6, 6.07) is 3.33. The average Bonchev–Trinajstić information content (AvgIpc) is 3.22. The van der Waals surface area contributed by atoms with Crippen molar-refractivity contribution in [2.45, 2.75) is 29.9 Å². The Labute approximate surface area is 158 Å². The molecule has 0 aromatic carbocycles. The van der Waals surface area contributed by atoms with Gasteiger partial charge in [0.05, 0.1) is 13.0 Å². The SMILES string of the molecule is COC(=O)C1CCCN(C(=O)C2CCN(S(=O)(=O)c3cccs3)CC2)C1. The van der Waals surface area contributed by atoms with E-state index in [0.29, 0.717) is 43.2 Å². The first-order valence-corrected chi connectivity index (χ1v) is 11.2. The first-order chi connectivity index (χ1) is 12.4. The maximum atomic E-state index is 12.8. The van der Waals surface area contributed by atoms with Crippen molar-refractivity contribution in [3.8, 4) is 0 Å². The predicted octanol–water partition coefficient (Wildman–Crippen LogP) is 1.56. The lowest BCUT2D eigenvalue weighted by atomic mass is 9.93. The minimum atomic E-state index is -3.45. The summed E-state index contributed by atoms with van der Waals surface area (Å²) in [5.41, 5.74) is 0. The summed E-state index contributed by atoms with van der Waals surface area (Å²) in [5.74, 6) is -0.663. The monoisotopic (exact) mass is 400 g/mol. The van der Waals surface area contributed by atoms with Crippen LogP contribution >= 0.6 is 11.3 Å². The zero-order valence-corrected chi connectivity index (χ0v) is 16.4. The molecule has 2 saturated heterocycles. The number of ether oxygens (including phenoxy) is 1. The molecule has 0 aliphatic carbocycles. The lowest BCUT2D eigenvalue weighted by Crippen LogP contribution is -2.48. The number of likely N-dealkylation sites (tertiary alicyclic amines) is 1. The largest absolute Gasteiger partial charge is 0.469 e. The van der Waals surface area contributed by atoms with E-state index in [1.54, 1.807) is 22.4 Å². The molecule has 3 rings (SSSR count). The quantitative estimate of drug-likeness (QED) is 0.716. The Morgan fingerprint density at radius 2 is 1.88 bits per heavy atom. The van der Waals surface area contributed by atoms with Crippen molar-refractivity contribution in [2.75, 3.05) is 33.3 Å². The molecule has 0 N–H and O–H groups in total. The summed E-state index contributed by atoms with van der Waals surface area (Å²) in [6.45, 7) is 1.76. The van der Waals surface area contributed by atoms with E-state index in [1.165, 1.54) is 22.8 Å². The molecular formula is C17H24N2O5S2. The third-order valence-electron chi connectivity index (χ3n) is 5.16. The van der Waals surface area contributed by atoms with E-state index in [2.05, 4.69) is 0 Å². The Hall–Kier alpha value is -1.45. The summed E-state index contributed by atoms with van der Waals surface area (Å²) in [5, 5.41) is 1.75. The molecule has 2 aliphatic heterocycles. The van der Waals surface area contributed by atoms with Gasteiger partial charge in [-0.15, -0.1) is 11.3 Å². The fourth-order valence-electron chi connectivity index (χ4n) is 3.68. The van der Waals surface area contributed by atoms with Crippen LogP contribution in [-0.2, 0) is 24.3 Å². The first-order valence-electron chi connectivity index (χ1n) is 8.83. The second-order valence-electron chi connectivity index (χ2n) is 6.76. The predicted molar refractivity (Wildman–Crippen MR) is 97.1 cm³/mol. The van der Waals surface area contributed by atoms with Crippen LogP contribution in [0.1, 0.15) is 25.7 Å². The smallest absolute Gasteiger partial charge is 0.310 e. The normalized spacial score (nSPS) is 23.0. The Morgan fingerprint density at radius 3 is 2.50 bits per heavy atom. The van der Waals surface area contributed by atoms with Crippen LogP contribution in [0.4, 0.5) is 0 Å². The Bertz CT molecular complexity index is 739. The van der Waals surface area contributed by atoms with Gasteiger partial charge in [-0.2, -0.15) is 4.31 Å². The van der Waals surface area contributed by atoms with Crippen LogP contribution < -0.4 is 0 Å². The molecule has 2 fully saturated rings. The number of sulfonamides is 1. The standard InChI is InChI=1S/C17H24N2O5S2/c1-24-17(21)14-4-2-8-18(12-14)16(20)13-6-9-19(10-7-13)26(22,23)15-5-3-11-25-15/h3,5,11,13-14H,2,4,6-10,12H2,1H3. The molecule has 9 heteroatoms. The highest BCUT2D eigenvalue weighted by Gasteiger charge is 2.36. The van der Waals surface area contributed by atoms with Crippen LogP contribution in [0.15, 0.2) is 21.7 Å². The summed E-state index contributed by atoms with van der Waals surface area (Å²) in [7, 11) is -2.08. The number of piperidine rings is 2. The second-order valence-corrected chi connectivity index (χ2v) is 9.87. The van der Waals surface area contributed by atoms with Crippen molar-refractivity contribution in [2.24, 2.45) is 11.8 Å². The highest BCUT2D eigenvalue weighted by atomic mass is 32.2. The van der Waals surface area contributed by atoms with E-state index in [9.17, 15) is 18.0 Å². The molecule has 0 saturated carbocycles. The summed E-state index contributed by atoms with van der Waals surface area (Å²) >= 11 is 1.21. The molecule has 1 unspecified atom stereocenters. The van der Waals surface area contributed by atoms with E-state index in [4.69, 9.17) is 4.74 Å². The third kappa shape index (κ3) is 3.94. The highest BCUT2D eigenvalue weighted by molar-refractivity contribution is 7.91. The van der Waals surface area contributed by atoms with Gasteiger partial charge in [0.2, 0.25) is 5.91 Å². The molecule has 2 aliphatic rings. The van der Waals surface area contributed by atoms with E-state index < -0.39 is 10.0 Å². The molecule has 144 valence electrons.